The molecule has 19 heavy (non-hydrogen) atoms. The van der Waals surface area contributed by atoms with Crippen LogP contribution in [0.4, 0.5) is 0 Å². The summed E-state index contributed by atoms with van der Waals surface area (Å²) in [6.45, 7) is 4.73. The molecule has 0 bridgehead atoms. The lowest BCUT2D eigenvalue weighted by Gasteiger charge is -2.20. The first kappa shape index (κ1) is 23.9. The Morgan fingerprint density at radius 2 is 1.42 bits per heavy atom. The Kier molecular flexibility index (Phi) is 25.4. The first-order chi connectivity index (χ1) is 8.35. The molecule has 0 radical (unpaired) electrons. The van der Waals surface area contributed by atoms with Gasteiger partial charge in [-0.1, -0.05) is 34.1 Å². The van der Waals surface area contributed by atoms with Crippen molar-refractivity contribution < 1.29 is 19.7 Å². The van der Waals surface area contributed by atoms with E-state index in [9.17, 15) is 0 Å². The molecule has 1 aliphatic carbocycles. The van der Waals surface area contributed by atoms with E-state index < -0.39 is 0 Å². The van der Waals surface area contributed by atoms with E-state index in [-0.39, 0.29) is 28.1 Å². The zero-order valence-corrected chi connectivity index (χ0v) is 11.1. The fourth-order valence-electron chi connectivity index (χ4n) is 1.88. The van der Waals surface area contributed by atoms with Crippen LogP contribution in [0.25, 0.3) is 0 Å². The molecule has 0 unspecified atom stereocenters. The average Bonchev–Trinajstić information content (AvgIpc) is 2.39. The van der Waals surface area contributed by atoms with Crippen molar-refractivity contribution in [1.82, 2.24) is 0 Å². The van der Waals surface area contributed by atoms with Crippen LogP contribution in [-0.2, 0) is 9.47 Å². The maximum atomic E-state index is 8.47. The standard InChI is InChI=1S/C9H18O2.C4H10O2.2CH4/c10-6-7-11-8-9-4-2-1-3-5-9;1-2-6-4-3-5;;/h9-10H,1-8H2;5H,2-4H2,1H3;2*1H4. The summed E-state index contributed by atoms with van der Waals surface area (Å²) in [4.78, 5) is 0. The Morgan fingerprint density at radius 3 is 1.84 bits per heavy atom. The minimum absolute atomic E-state index is 0. The largest absolute Gasteiger partial charge is 0.394 e. The highest BCUT2D eigenvalue weighted by atomic mass is 16.5. The molecule has 0 aromatic heterocycles. The van der Waals surface area contributed by atoms with Gasteiger partial charge in [0.1, 0.15) is 0 Å². The van der Waals surface area contributed by atoms with E-state index in [2.05, 4.69) is 0 Å². The molecule has 0 heterocycles. The predicted molar refractivity (Wildman–Crippen MR) is 81.5 cm³/mol. The van der Waals surface area contributed by atoms with Crippen LogP contribution in [-0.4, -0.2) is 49.9 Å². The molecule has 0 amide bonds. The van der Waals surface area contributed by atoms with Crippen LogP contribution in [0.15, 0.2) is 0 Å². The molecule has 0 saturated heterocycles. The van der Waals surface area contributed by atoms with Crippen LogP contribution in [0.1, 0.15) is 53.9 Å². The van der Waals surface area contributed by atoms with E-state index in [1.54, 1.807) is 0 Å². The van der Waals surface area contributed by atoms with Gasteiger partial charge in [-0.25, -0.2) is 0 Å². The molecule has 4 nitrogen and oxygen atoms in total. The molecule has 0 aromatic carbocycles. The summed E-state index contributed by atoms with van der Waals surface area (Å²) in [5.74, 6) is 0.773. The summed E-state index contributed by atoms with van der Waals surface area (Å²) in [5, 5.41) is 16.5. The summed E-state index contributed by atoms with van der Waals surface area (Å²) in [7, 11) is 0. The molecule has 0 aliphatic heterocycles. The molecule has 1 rings (SSSR count). The van der Waals surface area contributed by atoms with Crippen molar-refractivity contribution in [2.75, 3.05) is 39.6 Å². The van der Waals surface area contributed by atoms with Gasteiger partial charge in [-0.2, -0.15) is 0 Å². The van der Waals surface area contributed by atoms with Crippen molar-refractivity contribution in [1.29, 1.82) is 0 Å². The first-order valence-electron chi connectivity index (χ1n) is 6.72. The van der Waals surface area contributed by atoms with E-state index in [1.165, 1.54) is 32.1 Å². The molecule has 4 heteroatoms. The maximum absolute atomic E-state index is 8.47. The SMILES string of the molecule is C.C.CCOCCO.OCCOCC1CCCCC1. The molecule has 0 atom stereocenters. The van der Waals surface area contributed by atoms with Gasteiger partial charge in [-0.3, -0.25) is 0 Å². The summed E-state index contributed by atoms with van der Waals surface area (Å²) in [5.41, 5.74) is 0. The highest BCUT2D eigenvalue weighted by Gasteiger charge is 2.12. The highest BCUT2D eigenvalue weighted by molar-refractivity contribution is 4.64. The number of hydrogen-bond donors (Lipinski definition) is 2. The number of aliphatic hydroxyl groups is 2. The van der Waals surface area contributed by atoms with Crippen LogP contribution in [0.2, 0.25) is 0 Å². The highest BCUT2D eigenvalue weighted by Crippen LogP contribution is 2.23. The fraction of sp³-hybridized carbons (Fsp3) is 1.00. The van der Waals surface area contributed by atoms with Crippen LogP contribution in [0, 0.1) is 5.92 Å². The lowest BCUT2D eigenvalue weighted by molar-refractivity contribution is 0.0580. The number of aliphatic hydroxyl groups excluding tert-OH is 2. The molecular formula is C15H36O4. The van der Waals surface area contributed by atoms with Gasteiger partial charge >= 0.3 is 0 Å². The van der Waals surface area contributed by atoms with Gasteiger partial charge in [0.05, 0.1) is 26.4 Å². The third-order valence-electron chi connectivity index (χ3n) is 2.75. The molecule has 1 fully saturated rings. The van der Waals surface area contributed by atoms with Crippen molar-refractivity contribution >= 4 is 0 Å². The molecule has 1 saturated carbocycles. The normalized spacial score (nSPS) is 14.7. The molecule has 0 aromatic rings. The van der Waals surface area contributed by atoms with Crippen LogP contribution in [0.5, 0.6) is 0 Å². The zero-order valence-electron chi connectivity index (χ0n) is 11.1. The first-order valence-corrected chi connectivity index (χ1v) is 6.72. The van der Waals surface area contributed by atoms with Crippen molar-refractivity contribution in [2.45, 2.75) is 53.9 Å². The summed E-state index contributed by atoms with van der Waals surface area (Å²) in [6.07, 6.45) is 6.79. The second-order valence-corrected chi connectivity index (χ2v) is 4.22. The number of ether oxygens (including phenoxy) is 2. The Morgan fingerprint density at radius 1 is 0.895 bits per heavy atom. The Bertz CT molecular complexity index is 132. The molecule has 0 spiro atoms. The summed E-state index contributed by atoms with van der Waals surface area (Å²) in [6, 6.07) is 0. The second-order valence-electron chi connectivity index (χ2n) is 4.22. The fourth-order valence-corrected chi connectivity index (χ4v) is 1.88. The second kappa shape index (κ2) is 20.2. The molecule has 1 aliphatic rings. The summed E-state index contributed by atoms with van der Waals surface area (Å²) >= 11 is 0. The van der Waals surface area contributed by atoms with Gasteiger partial charge in [0.15, 0.2) is 0 Å². The molecule has 2 N–H and O–H groups in total. The molecular weight excluding hydrogens is 244 g/mol. The zero-order chi connectivity index (χ0) is 12.8. The number of rotatable bonds is 7. The van der Waals surface area contributed by atoms with Gasteiger partial charge in [-0.05, 0) is 25.7 Å². The van der Waals surface area contributed by atoms with E-state index in [0.717, 1.165) is 12.5 Å². The number of hydrogen-bond acceptors (Lipinski definition) is 4. The van der Waals surface area contributed by atoms with Gasteiger partial charge in [-0.15, -0.1) is 0 Å². The van der Waals surface area contributed by atoms with E-state index in [4.69, 9.17) is 19.7 Å². The Balaban J connectivity index is -0.000000282. The summed E-state index contributed by atoms with van der Waals surface area (Å²) < 4.78 is 10.0. The van der Waals surface area contributed by atoms with E-state index >= 15 is 0 Å². The lowest BCUT2D eigenvalue weighted by Crippen LogP contribution is -2.14. The van der Waals surface area contributed by atoms with Crippen molar-refractivity contribution in [2.24, 2.45) is 5.92 Å². The van der Waals surface area contributed by atoms with Crippen LogP contribution < -0.4 is 0 Å². The monoisotopic (exact) mass is 280 g/mol. The molecule has 120 valence electrons. The van der Waals surface area contributed by atoms with Crippen molar-refractivity contribution in [3.8, 4) is 0 Å². The van der Waals surface area contributed by atoms with E-state index in [1.807, 2.05) is 6.92 Å². The third kappa shape index (κ3) is 17.8. The van der Waals surface area contributed by atoms with Crippen molar-refractivity contribution in [3.05, 3.63) is 0 Å². The van der Waals surface area contributed by atoms with Gasteiger partial charge < -0.3 is 19.7 Å². The third-order valence-corrected chi connectivity index (χ3v) is 2.75. The topological polar surface area (TPSA) is 58.9 Å². The van der Waals surface area contributed by atoms with Crippen molar-refractivity contribution in [3.63, 3.8) is 0 Å². The Hall–Kier alpha value is -0.160. The lowest BCUT2D eigenvalue weighted by atomic mass is 9.90. The quantitative estimate of drug-likeness (QED) is 0.704. The van der Waals surface area contributed by atoms with Crippen LogP contribution in [0.3, 0.4) is 0 Å². The minimum Gasteiger partial charge on any atom is -0.394 e. The average molecular weight is 280 g/mol. The Labute approximate surface area is 120 Å². The predicted octanol–water partition coefficient (Wildman–Crippen LogP) is 2.86. The van der Waals surface area contributed by atoms with E-state index in [0.29, 0.717) is 19.8 Å². The van der Waals surface area contributed by atoms with Gasteiger partial charge in [0, 0.05) is 13.2 Å². The van der Waals surface area contributed by atoms with Crippen LogP contribution >= 0.6 is 0 Å². The van der Waals surface area contributed by atoms with Gasteiger partial charge in [0.2, 0.25) is 0 Å². The minimum atomic E-state index is 0. The van der Waals surface area contributed by atoms with Gasteiger partial charge in [0.25, 0.3) is 0 Å². The smallest absolute Gasteiger partial charge is 0.0697 e. The maximum Gasteiger partial charge on any atom is 0.0697 e.